The quantitative estimate of drug-likeness (QED) is 0.750. The number of fused-ring (bicyclic) bond motifs is 1. The van der Waals surface area contributed by atoms with Crippen LogP contribution in [0.25, 0.3) is 22.4 Å². The largest absolute Gasteiger partial charge is 0.370 e. The van der Waals surface area contributed by atoms with E-state index in [1.165, 1.54) is 19.3 Å². The highest BCUT2D eigenvalue weighted by Crippen LogP contribution is 2.32. The summed E-state index contributed by atoms with van der Waals surface area (Å²) < 4.78 is 0. The summed E-state index contributed by atoms with van der Waals surface area (Å²) >= 11 is 6.04. The van der Waals surface area contributed by atoms with Crippen LogP contribution in [0.2, 0.25) is 5.02 Å². The number of nitrogens with zero attached hydrogens (tertiary/aromatic N) is 3. The maximum Gasteiger partial charge on any atom is 0.163 e. The highest BCUT2D eigenvalue weighted by molar-refractivity contribution is 6.31. The van der Waals surface area contributed by atoms with Gasteiger partial charge >= 0.3 is 0 Å². The predicted octanol–water partition coefficient (Wildman–Crippen LogP) is 3.89. The minimum atomic E-state index is 0.604. The molecule has 4 rings (SSSR count). The zero-order valence-corrected chi connectivity index (χ0v) is 12.8. The first-order valence-electron chi connectivity index (χ1n) is 7.49. The molecular weight excluding hydrogens is 298 g/mol. The summed E-state index contributed by atoms with van der Waals surface area (Å²) in [5, 5.41) is 4.91. The van der Waals surface area contributed by atoms with Crippen LogP contribution in [0.15, 0.2) is 30.7 Å². The minimum Gasteiger partial charge on any atom is -0.370 e. The summed E-state index contributed by atoms with van der Waals surface area (Å²) in [6.45, 7) is 0.961. The Hall–Kier alpha value is -2.14. The Balaban J connectivity index is 1.61. The SMILES string of the molecule is Clc1cnc2[nH]cc(-c3nccc(NCCC4CC4)n3)c2c1. The monoisotopic (exact) mass is 313 g/mol. The predicted molar refractivity (Wildman–Crippen MR) is 88.0 cm³/mol. The Morgan fingerprint density at radius 3 is 3.09 bits per heavy atom. The lowest BCUT2D eigenvalue weighted by Gasteiger charge is -2.06. The third-order valence-electron chi connectivity index (χ3n) is 3.95. The number of anilines is 1. The normalized spacial score (nSPS) is 14.4. The number of nitrogens with one attached hydrogen (secondary N) is 2. The lowest BCUT2D eigenvalue weighted by atomic mass is 10.2. The van der Waals surface area contributed by atoms with Crippen molar-refractivity contribution in [2.75, 3.05) is 11.9 Å². The molecule has 0 radical (unpaired) electrons. The molecule has 0 bridgehead atoms. The standard InChI is InChI=1S/C16H16ClN5/c17-11-7-12-13(9-21-15(12)20-8-11)16-19-6-4-14(22-16)18-5-3-10-1-2-10/h4,6-10H,1-3,5H2,(H,20,21)(H,18,19,22). The number of aromatic nitrogens is 4. The van der Waals surface area contributed by atoms with Crippen molar-refractivity contribution >= 4 is 28.5 Å². The first-order chi connectivity index (χ1) is 10.8. The third-order valence-corrected chi connectivity index (χ3v) is 4.16. The highest BCUT2D eigenvalue weighted by atomic mass is 35.5. The van der Waals surface area contributed by atoms with Crippen molar-refractivity contribution in [3.05, 3.63) is 35.7 Å². The fraction of sp³-hybridized carbons (Fsp3) is 0.312. The summed E-state index contributed by atoms with van der Waals surface area (Å²) in [5.74, 6) is 2.44. The number of hydrogen-bond acceptors (Lipinski definition) is 4. The fourth-order valence-corrected chi connectivity index (χ4v) is 2.72. The van der Waals surface area contributed by atoms with Crippen LogP contribution in [0.1, 0.15) is 19.3 Å². The lowest BCUT2D eigenvalue weighted by molar-refractivity contribution is 0.758. The van der Waals surface area contributed by atoms with Gasteiger partial charge in [-0.15, -0.1) is 0 Å². The lowest BCUT2D eigenvalue weighted by Crippen LogP contribution is -2.04. The smallest absolute Gasteiger partial charge is 0.163 e. The van der Waals surface area contributed by atoms with Crippen LogP contribution in [0, 0.1) is 5.92 Å². The van der Waals surface area contributed by atoms with E-state index in [1.54, 1.807) is 12.4 Å². The van der Waals surface area contributed by atoms with E-state index in [2.05, 4.69) is 25.3 Å². The van der Waals surface area contributed by atoms with Crippen LogP contribution in [0.4, 0.5) is 5.82 Å². The van der Waals surface area contributed by atoms with Crippen molar-refractivity contribution in [1.29, 1.82) is 0 Å². The van der Waals surface area contributed by atoms with Crippen LogP contribution in [0.5, 0.6) is 0 Å². The molecule has 6 heteroatoms. The highest BCUT2D eigenvalue weighted by Gasteiger charge is 2.20. The molecule has 112 valence electrons. The molecule has 2 N–H and O–H groups in total. The number of H-pyrrole nitrogens is 1. The zero-order valence-electron chi connectivity index (χ0n) is 12.0. The van der Waals surface area contributed by atoms with E-state index >= 15 is 0 Å². The van der Waals surface area contributed by atoms with Gasteiger partial charge in [-0.3, -0.25) is 0 Å². The second-order valence-electron chi connectivity index (χ2n) is 5.68. The van der Waals surface area contributed by atoms with Crippen LogP contribution in [-0.4, -0.2) is 26.5 Å². The summed E-state index contributed by atoms with van der Waals surface area (Å²) in [5.41, 5.74) is 1.70. The molecule has 1 aliphatic carbocycles. The molecular formula is C16H16ClN5. The second-order valence-corrected chi connectivity index (χ2v) is 6.11. The number of pyridine rings is 1. The summed E-state index contributed by atoms with van der Waals surface area (Å²) in [4.78, 5) is 16.4. The van der Waals surface area contributed by atoms with Gasteiger partial charge in [-0.2, -0.15) is 0 Å². The third kappa shape index (κ3) is 2.76. The van der Waals surface area contributed by atoms with Crippen molar-refractivity contribution in [3.63, 3.8) is 0 Å². The summed E-state index contributed by atoms with van der Waals surface area (Å²) in [7, 11) is 0. The molecule has 5 nitrogen and oxygen atoms in total. The van der Waals surface area contributed by atoms with Gasteiger partial charge in [0.15, 0.2) is 5.82 Å². The number of halogens is 1. The Morgan fingerprint density at radius 1 is 1.32 bits per heavy atom. The first-order valence-corrected chi connectivity index (χ1v) is 7.87. The molecule has 3 heterocycles. The number of hydrogen-bond donors (Lipinski definition) is 2. The average molecular weight is 314 g/mol. The van der Waals surface area contributed by atoms with Gasteiger partial charge in [0.2, 0.25) is 0 Å². The molecule has 1 saturated carbocycles. The Kier molecular flexibility index (Phi) is 3.42. The minimum absolute atomic E-state index is 0.604. The Labute approximate surface area is 133 Å². The molecule has 1 aliphatic rings. The summed E-state index contributed by atoms with van der Waals surface area (Å²) in [6, 6.07) is 3.78. The maximum absolute atomic E-state index is 6.04. The van der Waals surface area contributed by atoms with Crippen LogP contribution < -0.4 is 5.32 Å². The van der Waals surface area contributed by atoms with Crippen LogP contribution >= 0.6 is 11.6 Å². The molecule has 22 heavy (non-hydrogen) atoms. The van der Waals surface area contributed by atoms with Crippen LogP contribution in [0.3, 0.4) is 0 Å². The number of aromatic amines is 1. The van der Waals surface area contributed by atoms with Gasteiger partial charge in [-0.1, -0.05) is 24.4 Å². The van der Waals surface area contributed by atoms with E-state index in [0.29, 0.717) is 10.8 Å². The van der Waals surface area contributed by atoms with Crippen molar-refractivity contribution < 1.29 is 0 Å². The number of rotatable bonds is 5. The second kappa shape index (κ2) is 5.57. The molecule has 3 aromatic heterocycles. The van der Waals surface area contributed by atoms with Crippen molar-refractivity contribution in [2.24, 2.45) is 5.92 Å². The molecule has 0 saturated heterocycles. The Bertz CT molecular complexity index is 809. The topological polar surface area (TPSA) is 66.5 Å². The van der Waals surface area contributed by atoms with Crippen molar-refractivity contribution in [2.45, 2.75) is 19.3 Å². The van der Waals surface area contributed by atoms with Gasteiger partial charge in [-0.05, 0) is 24.5 Å². The average Bonchev–Trinajstić information content (AvgIpc) is 3.25. The van der Waals surface area contributed by atoms with Crippen molar-refractivity contribution in [3.8, 4) is 11.4 Å². The zero-order chi connectivity index (χ0) is 14.9. The van der Waals surface area contributed by atoms with E-state index in [1.807, 2.05) is 18.3 Å². The van der Waals surface area contributed by atoms with Gasteiger partial charge in [0.1, 0.15) is 11.5 Å². The van der Waals surface area contributed by atoms with Gasteiger partial charge < -0.3 is 10.3 Å². The van der Waals surface area contributed by atoms with E-state index in [0.717, 1.165) is 34.9 Å². The molecule has 0 unspecified atom stereocenters. The van der Waals surface area contributed by atoms with Crippen LogP contribution in [-0.2, 0) is 0 Å². The molecule has 0 spiro atoms. The molecule has 0 amide bonds. The molecule has 0 aliphatic heterocycles. The first kappa shape index (κ1) is 13.5. The molecule has 0 aromatic carbocycles. The van der Waals surface area contributed by atoms with E-state index < -0.39 is 0 Å². The maximum atomic E-state index is 6.04. The molecule has 1 fully saturated rings. The van der Waals surface area contributed by atoms with Gasteiger partial charge in [0.25, 0.3) is 0 Å². The van der Waals surface area contributed by atoms with Gasteiger partial charge in [0, 0.05) is 36.1 Å². The van der Waals surface area contributed by atoms with Gasteiger partial charge in [0.05, 0.1) is 5.02 Å². The Morgan fingerprint density at radius 2 is 2.23 bits per heavy atom. The van der Waals surface area contributed by atoms with E-state index in [-0.39, 0.29) is 0 Å². The van der Waals surface area contributed by atoms with E-state index in [9.17, 15) is 0 Å². The summed E-state index contributed by atoms with van der Waals surface area (Å²) in [6.07, 6.45) is 9.24. The van der Waals surface area contributed by atoms with Crippen molar-refractivity contribution in [1.82, 2.24) is 19.9 Å². The molecule has 3 aromatic rings. The fourth-order valence-electron chi connectivity index (χ4n) is 2.56. The molecule has 0 atom stereocenters. The van der Waals surface area contributed by atoms with E-state index in [4.69, 9.17) is 11.6 Å². The van der Waals surface area contributed by atoms with Gasteiger partial charge in [-0.25, -0.2) is 15.0 Å².